The molecular weight excluding hydrogens is 533 g/mol. The Balaban J connectivity index is 1.55. The van der Waals surface area contributed by atoms with Gasteiger partial charge in [-0.05, 0) is 75.9 Å². The van der Waals surface area contributed by atoms with E-state index in [2.05, 4.69) is 25.4 Å². The number of aromatic amines is 1. The van der Waals surface area contributed by atoms with Crippen molar-refractivity contribution in [2.45, 2.75) is 52.2 Å². The van der Waals surface area contributed by atoms with Gasteiger partial charge < -0.3 is 24.7 Å². The Labute approximate surface area is 237 Å². The summed E-state index contributed by atoms with van der Waals surface area (Å²) in [4.78, 5) is 18.0. The summed E-state index contributed by atoms with van der Waals surface area (Å²) in [5.74, 6) is 0.377. The van der Waals surface area contributed by atoms with E-state index >= 15 is 0 Å². The minimum Gasteiger partial charge on any atom is -0.497 e. The molecule has 0 radical (unpaired) electrons. The van der Waals surface area contributed by atoms with Crippen molar-refractivity contribution in [1.82, 2.24) is 20.5 Å². The number of carbonyl (C=O) groups is 1. The van der Waals surface area contributed by atoms with Crippen LogP contribution in [0.3, 0.4) is 0 Å². The molecule has 10 heteroatoms. The van der Waals surface area contributed by atoms with Gasteiger partial charge in [-0.3, -0.25) is 0 Å². The number of alkyl carbamates (subject to hydrolysis) is 1. The van der Waals surface area contributed by atoms with Crippen molar-refractivity contribution in [1.29, 1.82) is 0 Å². The Morgan fingerprint density at radius 2 is 1.93 bits per heavy atom. The van der Waals surface area contributed by atoms with Crippen LogP contribution in [0.1, 0.15) is 39.2 Å². The molecule has 1 aliphatic rings. The summed E-state index contributed by atoms with van der Waals surface area (Å²) in [6.07, 6.45) is 2.63. The number of fused-ring (bicyclic) bond motifs is 1. The number of rotatable bonds is 5. The molecule has 2 N–H and O–H groups in total. The zero-order chi connectivity index (χ0) is 28.6. The van der Waals surface area contributed by atoms with Crippen molar-refractivity contribution in [3.8, 4) is 28.3 Å². The van der Waals surface area contributed by atoms with Gasteiger partial charge >= 0.3 is 6.09 Å². The number of amides is 1. The summed E-state index contributed by atoms with van der Waals surface area (Å²) in [5, 5.41) is 13.2. The van der Waals surface area contributed by atoms with Gasteiger partial charge in [-0.2, -0.15) is 5.10 Å². The van der Waals surface area contributed by atoms with Gasteiger partial charge in [0.15, 0.2) is 0 Å². The lowest BCUT2D eigenvalue weighted by molar-refractivity contribution is 0.0497. The van der Waals surface area contributed by atoms with Gasteiger partial charge in [-0.1, -0.05) is 17.7 Å². The Morgan fingerprint density at radius 1 is 1.18 bits per heavy atom. The Bertz CT molecular complexity index is 1540. The van der Waals surface area contributed by atoms with Crippen molar-refractivity contribution in [2.75, 3.05) is 25.1 Å². The minimum atomic E-state index is -0.566. The fourth-order valence-corrected chi connectivity index (χ4v) is 5.43. The summed E-state index contributed by atoms with van der Waals surface area (Å²) in [6, 6.07) is 10.5. The van der Waals surface area contributed by atoms with Crippen LogP contribution in [0.15, 0.2) is 42.6 Å². The van der Waals surface area contributed by atoms with Crippen LogP contribution in [0.2, 0.25) is 5.02 Å². The average molecular weight is 566 g/mol. The largest absolute Gasteiger partial charge is 0.497 e. The zero-order valence-corrected chi connectivity index (χ0v) is 24.0. The Hall–Kier alpha value is -3.85. The topological polar surface area (TPSA) is 92.4 Å². The molecule has 0 saturated carbocycles. The number of carbonyl (C=O) groups excluding carboxylic acids is 1. The maximum absolute atomic E-state index is 14.5. The Kier molecular flexibility index (Phi) is 7.59. The Morgan fingerprint density at radius 3 is 2.60 bits per heavy atom. The zero-order valence-electron chi connectivity index (χ0n) is 23.3. The van der Waals surface area contributed by atoms with Crippen LogP contribution in [0.5, 0.6) is 5.75 Å². The molecule has 0 aliphatic carbocycles. The highest BCUT2D eigenvalue weighted by molar-refractivity contribution is 6.38. The van der Waals surface area contributed by atoms with Crippen LogP contribution in [0.25, 0.3) is 33.4 Å². The van der Waals surface area contributed by atoms with Gasteiger partial charge in [0, 0.05) is 36.1 Å². The van der Waals surface area contributed by atoms with Gasteiger partial charge in [0.1, 0.15) is 22.9 Å². The fraction of sp³-hybridized carbons (Fsp3) is 0.367. The van der Waals surface area contributed by atoms with Crippen LogP contribution in [0.4, 0.5) is 14.9 Å². The molecule has 1 fully saturated rings. The number of hydrogen-bond donors (Lipinski definition) is 2. The lowest BCUT2D eigenvalue weighted by Gasteiger charge is -2.36. The number of hydrogen-bond acceptors (Lipinski definition) is 6. The SMILES string of the molecule is COc1ccc2c(Cl)c(-c3nncc(-c4cc(C)cc(F)c4)c3N3CCC(NC(=O)OC(C)(C)C)CC3)[nH]c2c1. The maximum atomic E-state index is 14.5. The number of piperidine rings is 1. The quantitative estimate of drug-likeness (QED) is 0.273. The van der Waals surface area contributed by atoms with Crippen molar-refractivity contribution in [2.24, 2.45) is 0 Å². The van der Waals surface area contributed by atoms with Gasteiger partial charge in [-0.15, -0.1) is 5.10 Å². The monoisotopic (exact) mass is 565 g/mol. The van der Waals surface area contributed by atoms with E-state index in [1.807, 2.05) is 52.0 Å². The third kappa shape index (κ3) is 5.84. The fourth-order valence-electron chi connectivity index (χ4n) is 5.13. The van der Waals surface area contributed by atoms with Crippen molar-refractivity contribution < 1.29 is 18.7 Å². The molecule has 2 aromatic carbocycles. The second kappa shape index (κ2) is 11.0. The van der Waals surface area contributed by atoms with E-state index in [0.717, 1.165) is 27.7 Å². The molecular formula is C30H33ClFN5O3. The lowest BCUT2D eigenvalue weighted by atomic mass is 9.98. The van der Waals surface area contributed by atoms with Crippen LogP contribution in [0, 0.1) is 12.7 Å². The van der Waals surface area contributed by atoms with E-state index in [1.54, 1.807) is 13.3 Å². The first-order valence-corrected chi connectivity index (χ1v) is 13.6. The summed E-state index contributed by atoms with van der Waals surface area (Å²) < 4.78 is 25.4. The number of benzene rings is 2. The summed E-state index contributed by atoms with van der Waals surface area (Å²) in [6.45, 7) is 8.64. The number of H-pyrrole nitrogens is 1. The first-order chi connectivity index (χ1) is 19.0. The summed E-state index contributed by atoms with van der Waals surface area (Å²) >= 11 is 6.90. The number of aromatic nitrogens is 3. The molecule has 4 aromatic rings. The second-order valence-electron chi connectivity index (χ2n) is 11.1. The first kappa shape index (κ1) is 27.7. The number of ether oxygens (including phenoxy) is 2. The lowest BCUT2D eigenvalue weighted by Crippen LogP contribution is -2.46. The van der Waals surface area contributed by atoms with E-state index in [-0.39, 0.29) is 11.9 Å². The molecule has 1 aliphatic heterocycles. The van der Waals surface area contributed by atoms with Crippen molar-refractivity contribution in [3.63, 3.8) is 0 Å². The second-order valence-corrected chi connectivity index (χ2v) is 11.5. The van der Waals surface area contributed by atoms with E-state index in [0.29, 0.717) is 53.7 Å². The molecule has 0 bridgehead atoms. The number of halogens is 2. The van der Waals surface area contributed by atoms with E-state index < -0.39 is 11.7 Å². The van der Waals surface area contributed by atoms with Gasteiger partial charge in [0.2, 0.25) is 0 Å². The molecule has 8 nitrogen and oxygen atoms in total. The van der Waals surface area contributed by atoms with E-state index in [4.69, 9.17) is 21.1 Å². The maximum Gasteiger partial charge on any atom is 0.407 e. The predicted octanol–water partition coefficient (Wildman–Crippen LogP) is 6.89. The molecule has 210 valence electrons. The molecule has 0 spiro atoms. The highest BCUT2D eigenvalue weighted by Gasteiger charge is 2.29. The molecule has 1 amide bonds. The van der Waals surface area contributed by atoms with Crippen molar-refractivity contribution >= 4 is 34.3 Å². The number of nitrogens with one attached hydrogen (secondary N) is 2. The van der Waals surface area contributed by atoms with Gasteiger partial charge in [0.05, 0.1) is 35.2 Å². The number of methoxy groups -OCH3 is 1. The number of anilines is 1. The van der Waals surface area contributed by atoms with Crippen LogP contribution < -0.4 is 15.0 Å². The number of nitrogens with zero attached hydrogens (tertiary/aromatic N) is 3. The van der Waals surface area contributed by atoms with Crippen LogP contribution in [-0.2, 0) is 4.74 Å². The molecule has 2 aromatic heterocycles. The standard InChI is InChI=1S/C30H33ClFN5O3/c1-17-12-18(14-19(32)13-17)23-16-33-36-27(26-25(31)22-7-6-21(39-5)15-24(22)35-26)28(23)37-10-8-20(9-11-37)34-29(38)40-30(2,3)4/h6-7,12-16,20,35H,8-11H2,1-5H3,(H,34,38). The highest BCUT2D eigenvalue weighted by atomic mass is 35.5. The predicted molar refractivity (Wildman–Crippen MR) is 156 cm³/mol. The average Bonchev–Trinajstić information content (AvgIpc) is 3.22. The van der Waals surface area contributed by atoms with Crippen LogP contribution >= 0.6 is 11.6 Å². The third-order valence-electron chi connectivity index (χ3n) is 6.89. The van der Waals surface area contributed by atoms with Crippen molar-refractivity contribution in [3.05, 3.63) is 59.0 Å². The molecule has 0 unspecified atom stereocenters. The molecule has 40 heavy (non-hydrogen) atoms. The third-order valence-corrected chi connectivity index (χ3v) is 7.28. The minimum absolute atomic E-state index is 0.0339. The van der Waals surface area contributed by atoms with Gasteiger partial charge in [-0.25, -0.2) is 9.18 Å². The molecule has 1 saturated heterocycles. The number of aryl methyl sites for hydroxylation is 1. The molecule has 0 atom stereocenters. The summed E-state index contributed by atoms with van der Waals surface area (Å²) in [7, 11) is 1.61. The van der Waals surface area contributed by atoms with E-state index in [1.165, 1.54) is 12.1 Å². The van der Waals surface area contributed by atoms with Gasteiger partial charge in [0.25, 0.3) is 0 Å². The first-order valence-electron chi connectivity index (χ1n) is 13.3. The normalized spacial score (nSPS) is 14.4. The summed E-state index contributed by atoms with van der Waals surface area (Å²) in [5.41, 5.74) is 4.48. The van der Waals surface area contributed by atoms with E-state index in [9.17, 15) is 9.18 Å². The highest BCUT2D eigenvalue weighted by Crippen LogP contribution is 2.43. The smallest absolute Gasteiger partial charge is 0.407 e. The molecule has 5 rings (SSSR count). The van der Waals surface area contributed by atoms with Crippen LogP contribution in [-0.4, -0.2) is 53.1 Å². The molecule has 3 heterocycles.